The molecule has 0 spiro atoms. The lowest BCUT2D eigenvalue weighted by molar-refractivity contribution is 0.369. The number of rotatable bonds is 6. The van der Waals surface area contributed by atoms with Crippen LogP contribution < -0.4 is 5.32 Å². The standard InChI is InChI=1S/C12H21N3/c1-4-7-14-12(10(3)5-2)11-6-8-13-9-15-11/h6,8-10,12,14H,4-5,7H2,1-3H3. The zero-order chi connectivity index (χ0) is 11.1. The molecule has 3 heteroatoms. The van der Waals surface area contributed by atoms with Gasteiger partial charge < -0.3 is 5.32 Å². The summed E-state index contributed by atoms with van der Waals surface area (Å²) >= 11 is 0. The van der Waals surface area contributed by atoms with Crippen LogP contribution in [0.25, 0.3) is 0 Å². The second-order valence-corrected chi connectivity index (χ2v) is 3.95. The Labute approximate surface area is 92.3 Å². The average molecular weight is 207 g/mol. The summed E-state index contributed by atoms with van der Waals surface area (Å²) in [7, 11) is 0. The molecule has 0 saturated heterocycles. The van der Waals surface area contributed by atoms with Crippen LogP contribution in [-0.2, 0) is 0 Å². The Kier molecular flexibility index (Phi) is 5.26. The van der Waals surface area contributed by atoms with Crippen LogP contribution in [-0.4, -0.2) is 16.5 Å². The zero-order valence-electron chi connectivity index (χ0n) is 9.90. The Morgan fingerprint density at radius 3 is 2.73 bits per heavy atom. The molecule has 0 bridgehead atoms. The van der Waals surface area contributed by atoms with Crippen molar-refractivity contribution in [1.82, 2.24) is 15.3 Å². The number of hydrogen-bond donors (Lipinski definition) is 1. The van der Waals surface area contributed by atoms with E-state index in [1.54, 1.807) is 6.33 Å². The fourth-order valence-corrected chi connectivity index (χ4v) is 1.62. The van der Waals surface area contributed by atoms with Crippen LogP contribution in [0.1, 0.15) is 45.3 Å². The van der Waals surface area contributed by atoms with Crippen molar-refractivity contribution in [3.8, 4) is 0 Å². The van der Waals surface area contributed by atoms with Gasteiger partial charge in [0.15, 0.2) is 0 Å². The highest BCUT2D eigenvalue weighted by molar-refractivity contribution is 5.05. The van der Waals surface area contributed by atoms with Crippen molar-refractivity contribution in [2.75, 3.05) is 6.54 Å². The number of hydrogen-bond acceptors (Lipinski definition) is 3. The van der Waals surface area contributed by atoms with E-state index in [1.807, 2.05) is 12.3 Å². The smallest absolute Gasteiger partial charge is 0.115 e. The van der Waals surface area contributed by atoms with Crippen molar-refractivity contribution in [3.05, 3.63) is 24.3 Å². The van der Waals surface area contributed by atoms with E-state index in [1.165, 1.54) is 0 Å². The van der Waals surface area contributed by atoms with Crippen molar-refractivity contribution in [3.63, 3.8) is 0 Å². The molecule has 3 nitrogen and oxygen atoms in total. The Hall–Kier alpha value is -0.960. The van der Waals surface area contributed by atoms with Crippen molar-refractivity contribution in [2.24, 2.45) is 5.92 Å². The summed E-state index contributed by atoms with van der Waals surface area (Å²) < 4.78 is 0. The van der Waals surface area contributed by atoms with E-state index >= 15 is 0 Å². The van der Waals surface area contributed by atoms with E-state index in [-0.39, 0.29) is 0 Å². The molecular weight excluding hydrogens is 186 g/mol. The van der Waals surface area contributed by atoms with Gasteiger partial charge in [0.1, 0.15) is 6.33 Å². The molecule has 1 N–H and O–H groups in total. The van der Waals surface area contributed by atoms with E-state index in [2.05, 4.69) is 36.1 Å². The van der Waals surface area contributed by atoms with Gasteiger partial charge in [-0.3, -0.25) is 0 Å². The monoisotopic (exact) mass is 207 g/mol. The molecule has 2 atom stereocenters. The molecule has 0 fully saturated rings. The predicted octanol–water partition coefficient (Wildman–Crippen LogP) is 2.56. The molecule has 1 aromatic rings. The van der Waals surface area contributed by atoms with Gasteiger partial charge in [0.25, 0.3) is 0 Å². The van der Waals surface area contributed by atoms with Gasteiger partial charge in [-0.2, -0.15) is 0 Å². The molecule has 1 aromatic heterocycles. The second kappa shape index (κ2) is 6.51. The van der Waals surface area contributed by atoms with Gasteiger partial charge in [-0.1, -0.05) is 27.2 Å². The first-order chi connectivity index (χ1) is 7.29. The summed E-state index contributed by atoms with van der Waals surface area (Å²) in [5.74, 6) is 0.603. The first-order valence-electron chi connectivity index (χ1n) is 5.78. The Morgan fingerprint density at radius 2 is 2.20 bits per heavy atom. The molecule has 0 aromatic carbocycles. The maximum atomic E-state index is 4.33. The number of nitrogens with zero attached hydrogens (tertiary/aromatic N) is 2. The van der Waals surface area contributed by atoms with Crippen molar-refractivity contribution in [2.45, 2.75) is 39.7 Å². The third-order valence-electron chi connectivity index (χ3n) is 2.75. The summed E-state index contributed by atoms with van der Waals surface area (Å²) in [6, 6.07) is 2.36. The van der Waals surface area contributed by atoms with Crippen LogP contribution in [0.15, 0.2) is 18.6 Å². The third-order valence-corrected chi connectivity index (χ3v) is 2.75. The zero-order valence-corrected chi connectivity index (χ0v) is 9.90. The minimum atomic E-state index is 0.359. The Morgan fingerprint density at radius 1 is 1.40 bits per heavy atom. The lowest BCUT2D eigenvalue weighted by Crippen LogP contribution is -2.28. The highest BCUT2D eigenvalue weighted by atomic mass is 15.0. The van der Waals surface area contributed by atoms with Gasteiger partial charge >= 0.3 is 0 Å². The predicted molar refractivity (Wildman–Crippen MR) is 62.5 cm³/mol. The van der Waals surface area contributed by atoms with Crippen LogP contribution in [0.4, 0.5) is 0 Å². The number of aromatic nitrogens is 2. The molecule has 0 aliphatic heterocycles. The summed E-state index contributed by atoms with van der Waals surface area (Å²) in [4.78, 5) is 8.28. The quantitative estimate of drug-likeness (QED) is 0.779. The molecule has 2 unspecified atom stereocenters. The van der Waals surface area contributed by atoms with E-state index in [0.717, 1.165) is 25.1 Å². The summed E-state index contributed by atoms with van der Waals surface area (Å²) in [6.07, 6.45) is 5.74. The molecule has 0 aliphatic rings. The Balaban J connectivity index is 2.72. The largest absolute Gasteiger partial charge is 0.308 e. The van der Waals surface area contributed by atoms with Gasteiger partial charge in [-0.25, -0.2) is 9.97 Å². The first-order valence-corrected chi connectivity index (χ1v) is 5.78. The van der Waals surface area contributed by atoms with Crippen LogP contribution in [0.5, 0.6) is 0 Å². The van der Waals surface area contributed by atoms with E-state index in [9.17, 15) is 0 Å². The average Bonchev–Trinajstić information content (AvgIpc) is 2.30. The topological polar surface area (TPSA) is 37.8 Å². The van der Waals surface area contributed by atoms with Gasteiger partial charge in [-0.05, 0) is 24.9 Å². The molecule has 0 radical (unpaired) electrons. The van der Waals surface area contributed by atoms with Crippen molar-refractivity contribution >= 4 is 0 Å². The van der Waals surface area contributed by atoms with E-state index in [0.29, 0.717) is 12.0 Å². The molecule has 84 valence electrons. The minimum Gasteiger partial charge on any atom is -0.308 e. The molecule has 1 rings (SSSR count). The molecule has 1 heterocycles. The first kappa shape index (κ1) is 12.1. The summed E-state index contributed by atoms with van der Waals surface area (Å²) in [5, 5.41) is 3.55. The third kappa shape index (κ3) is 3.59. The lowest BCUT2D eigenvalue weighted by Gasteiger charge is -2.23. The van der Waals surface area contributed by atoms with E-state index < -0.39 is 0 Å². The van der Waals surface area contributed by atoms with Crippen LogP contribution in [0, 0.1) is 5.92 Å². The van der Waals surface area contributed by atoms with Crippen molar-refractivity contribution in [1.29, 1.82) is 0 Å². The molecule has 15 heavy (non-hydrogen) atoms. The fourth-order valence-electron chi connectivity index (χ4n) is 1.62. The SMILES string of the molecule is CCCNC(c1ccncn1)C(C)CC. The second-order valence-electron chi connectivity index (χ2n) is 3.95. The van der Waals surface area contributed by atoms with Crippen LogP contribution in [0.3, 0.4) is 0 Å². The van der Waals surface area contributed by atoms with Gasteiger partial charge in [-0.15, -0.1) is 0 Å². The normalized spacial score (nSPS) is 14.9. The van der Waals surface area contributed by atoms with Gasteiger partial charge in [0, 0.05) is 6.20 Å². The fraction of sp³-hybridized carbons (Fsp3) is 0.667. The van der Waals surface area contributed by atoms with Crippen LogP contribution >= 0.6 is 0 Å². The minimum absolute atomic E-state index is 0.359. The van der Waals surface area contributed by atoms with Crippen LogP contribution in [0.2, 0.25) is 0 Å². The molecule has 0 saturated carbocycles. The molecular formula is C12H21N3. The maximum absolute atomic E-state index is 4.33. The summed E-state index contributed by atoms with van der Waals surface area (Å²) in [5.41, 5.74) is 1.10. The van der Waals surface area contributed by atoms with Gasteiger partial charge in [0.2, 0.25) is 0 Å². The van der Waals surface area contributed by atoms with Crippen molar-refractivity contribution < 1.29 is 0 Å². The highest BCUT2D eigenvalue weighted by Gasteiger charge is 2.17. The molecule has 0 amide bonds. The summed E-state index contributed by atoms with van der Waals surface area (Å²) in [6.45, 7) is 7.70. The number of nitrogens with one attached hydrogen (secondary N) is 1. The lowest BCUT2D eigenvalue weighted by atomic mass is 9.96. The van der Waals surface area contributed by atoms with Gasteiger partial charge in [0.05, 0.1) is 11.7 Å². The highest BCUT2D eigenvalue weighted by Crippen LogP contribution is 2.21. The van der Waals surface area contributed by atoms with E-state index in [4.69, 9.17) is 0 Å². The maximum Gasteiger partial charge on any atom is 0.115 e. The molecule has 0 aliphatic carbocycles. The Bertz CT molecular complexity index is 261.